The molecule has 1 aromatic rings. The maximum atomic E-state index is 11.8. The zero-order valence-corrected chi connectivity index (χ0v) is 15.0. The van der Waals surface area contributed by atoms with E-state index in [2.05, 4.69) is 15.3 Å². The molecule has 0 aliphatic heterocycles. The third kappa shape index (κ3) is 7.69. The Hall–Kier alpha value is -2.57. The normalized spacial score (nSPS) is 10.5. The molecule has 0 atom stereocenters. The lowest BCUT2D eigenvalue weighted by atomic mass is 10.1. The summed E-state index contributed by atoms with van der Waals surface area (Å²) in [4.78, 5) is 22.7. The lowest BCUT2D eigenvalue weighted by molar-refractivity contribution is -0.140. The highest BCUT2D eigenvalue weighted by Crippen LogP contribution is 2.26. The second-order valence-electron chi connectivity index (χ2n) is 5.36. The van der Waals surface area contributed by atoms with Crippen molar-refractivity contribution in [2.24, 2.45) is 5.10 Å². The van der Waals surface area contributed by atoms with E-state index in [4.69, 9.17) is 9.47 Å². The lowest BCUT2D eigenvalue weighted by Crippen LogP contribution is -2.17. The molecule has 0 heterocycles. The minimum absolute atomic E-state index is 0.155. The van der Waals surface area contributed by atoms with Gasteiger partial charge in [0, 0.05) is 12.8 Å². The second-order valence-corrected chi connectivity index (χ2v) is 5.36. The fraction of sp³-hybridized carbons (Fsp3) is 0.500. The molecular formula is C18H26N2O5. The largest absolute Gasteiger partial charge is 0.496 e. The van der Waals surface area contributed by atoms with Gasteiger partial charge in [0.1, 0.15) is 11.5 Å². The van der Waals surface area contributed by atoms with Crippen LogP contribution in [0.15, 0.2) is 23.3 Å². The van der Waals surface area contributed by atoms with E-state index in [1.165, 1.54) is 13.3 Å². The predicted octanol–water partition coefficient (Wildman–Crippen LogP) is 2.67. The molecule has 1 N–H and O–H groups in total. The fourth-order valence-electron chi connectivity index (χ4n) is 2.24. The van der Waals surface area contributed by atoms with Gasteiger partial charge < -0.3 is 14.2 Å². The molecule has 0 radical (unpaired) electrons. The summed E-state index contributed by atoms with van der Waals surface area (Å²) in [5.74, 6) is 0.878. The van der Waals surface area contributed by atoms with Gasteiger partial charge in [-0.25, -0.2) is 5.43 Å². The molecule has 1 amide bonds. The Balaban J connectivity index is 2.32. The molecule has 0 saturated heterocycles. The van der Waals surface area contributed by atoms with Crippen molar-refractivity contribution in [3.63, 3.8) is 0 Å². The van der Waals surface area contributed by atoms with Crippen LogP contribution in [0.2, 0.25) is 0 Å². The van der Waals surface area contributed by atoms with Crippen molar-refractivity contribution in [2.75, 3.05) is 21.3 Å². The van der Waals surface area contributed by atoms with E-state index < -0.39 is 0 Å². The maximum absolute atomic E-state index is 11.8. The van der Waals surface area contributed by atoms with Gasteiger partial charge in [-0.3, -0.25) is 9.59 Å². The first-order valence-electron chi connectivity index (χ1n) is 8.22. The van der Waals surface area contributed by atoms with Gasteiger partial charge in [0.25, 0.3) is 0 Å². The molecule has 1 rings (SSSR count). The average molecular weight is 350 g/mol. The number of hydrogen-bond donors (Lipinski definition) is 1. The van der Waals surface area contributed by atoms with E-state index in [1.54, 1.807) is 26.4 Å². The number of carbonyl (C=O) groups is 2. The third-order valence-corrected chi connectivity index (χ3v) is 3.61. The Morgan fingerprint density at radius 1 is 1.00 bits per heavy atom. The highest BCUT2D eigenvalue weighted by atomic mass is 16.5. The van der Waals surface area contributed by atoms with Gasteiger partial charge >= 0.3 is 5.97 Å². The van der Waals surface area contributed by atoms with Crippen LogP contribution in [0.25, 0.3) is 0 Å². The van der Waals surface area contributed by atoms with Crippen molar-refractivity contribution in [3.05, 3.63) is 23.8 Å². The summed E-state index contributed by atoms with van der Waals surface area (Å²) >= 11 is 0. The maximum Gasteiger partial charge on any atom is 0.305 e. The number of esters is 1. The summed E-state index contributed by atoms with van der Waals surface area (Å²) in [6.45, 7) is 0. The number of carbonyl (C=O) groups excluding carboxylic acids is 2. The number of nitrogens with one attached hydrogen (secondary N) is 1. The SMILES string of the molecule is COC(=O)CCCCCCC(=O)N/N=C/c1c(OC)cccc1OC. The average Bonchev–Trinajstić information content (AvgIpc) is 2.64. The number of hydrazone groups is 1. The quantitative estimate of drug-likeness (QED) is 0.287. The van der Waals surface area contributed by atoms with Crippen LogP contribution in [-0.4, -0.2) is 39.4 Å². The predicted molar refractivity (Wildman–Crippen MR) is 95.0 cm³/mol. The molecule has 0 saturated carbocycles. The molecule has 7 nitrogen and oxygen atoms in total. The molecule has 0 aliphatic rings. The van der Waals surface area contributed by atoms with Crippen LogP contribution in [0, 0.1) is 0 Å². The molecule has 0 aromatic heterocycles. The van der Waals surface area contributed by atoms with Gasteiger partial charge in [-0.15, -0.1) is 0 Å². The minimum Gasteiger partial charge on any atom is -0.496 e. The molecule has 0 spiro atoms. The molecule has 25 heavy (non-hydrogen) atoms. The highest BCUT2D eigenvalue weighted by Gasteiger charge is 2.07. The Morgan fingerprint density at radius 3 is 2.16 bits per heavy atom. The number of rotatable bonds is 11. The van der Waals surface area contributed by atoms with Crippen LogP contribution < -0.4 is 14.9 Å². The number of unbranched alkanes of at least 4 members (excludes halogenated alkanes) is 3. The summed E-state index contributed by atoms with van der Waals surface area (Å²) in [5.41, 5.74) is 3.16. The van der Waals surface area contributed by atoms with Gasteiger partial charge in [-0.1, -0.05) is 18.9 Å². The minimum atomic E-state index is -0.196. The van der Waals surface area contributed by atoms with E-state index >= 15 is 0 Å². The lowest BCUT2D eigenvalue weighted by Gasteiger charge is -2.09. The standard InChI is InChI=1S/C18H26N2O5/c1-23-15-9-8-10-16(24-2)14(15)13-19-20-17(21)11-6-4-5-7-12-18(22)25-3/h8-10,13H,4-7,11-12H2,1-3H3,(H,20,21)/b19-13+. The van der Waals surface area contributed by atoms with E-state index in [1.807, 2.05) is 6.07 Å². The number of ether oxygens (including phenoxy) is 3. The molecule has 138 valence electrons. The van der Waals surface area contributed by atoms with Crippen LogP contribution in [-0.2, 0) is 14.3 Å². The summed E-state index contributed by atoms with van der Waals surface area (Å²) in [6.07, 6.45) is 5.62. The molecular weight excluding hydrogens is 324 g/mol. The summed E-state index contributed by atoms with van der Waals surface area (Å²) in [7, 11) is 4.50. The monoisotopic (exact) mass is 350 g/mol. The van der Waals surface area contributed by atoms with Crippen molar-refractivity contribution >= 4 is 18.1 Å². The van der Waals surface area contributed by atoms with Gasteiger partial charge in [-0.05, 0) is 25.0 Å². The molecule has 7 heteroatoms. The molecule has 0 bridgehead atoms. The first-order chi connectivity index (χ1) is 12.1. The van der Waals surface area contributed by atoms with Crippen molar-refractivity contribution in [1.29, 1.82) is 0 Å². The highest BCUT2D eigenvalue weighted by molar-refractivity contribution is 5.88. The number of hydrogen-bond acceptors (Lipinski definition) is 6. The van der Waals surface area contributed by atoms with Crippen LogP contribution in [0.5, 0.6) is 11.5 Å². The van der Waals surface area contributed by atoms with Crippen molar-refractivity contribution in [2.45, 2.75) is 38.5 Å². The number of benzene rings is 1. The number of methoxy groups -OCH3 is 3. The molecule has 0 fully saturated rings. The van der Waals surface area contributed by atoms with E-state index in [0.29, 0.717) is 29.9 Å². The third-order valence-electron chi connectivity index (χ3n) is 3.61. The van der Waals surface area contributed by atoms with Gasteiger partial charge in [0.05, 0.1) is 33.1 Å². The Bertz CT molecular complexity index is 565. The smallest absolute Gasteiger partial charge is 0.305 e. The van der Waals surface area contributed by atoms with Crippen molar-refractivity contribution in [1.82, 2.24) is 5.43 Å². The van der Waals surface area contributed by atoms with Gasteiger partial charge in [0.15, 0.2) is 0 Å². The Kier molecular flexibility index (Phi) is 9.74. The van der Waals surface area contributed by atoms with Crippen molar-refractivity contribution < 1.29 is 23.8 Å². The molecule has 0 aliphatic carbocycles. The number of amides is 1. The van der Waals surface area contributed by atoms with Crippen LogP contribution in [0.1, 0.15) is 44.1 Å². The summed E-state index contributed by atoms with van der Waals surface area (Å²) in [5, 5.41) is 3.96. The van der Waals surface area contributed by atoms with E-state index in [9.17, 15) is 9.59 Å². The molecule has 0 unspecified atom stereocenters. The zero-order valence-electron chi connectivity index (χ0n) is 15.0. The van der Waals surface area contributed by atoms with Crippen LogP contribution in [0.3, 0.4) is 0 Å². The second kappa shape index (κ2) is 11.9. The molecule has 1 aromatic carbocycles. The van der Waals surface area contributed by atoms with Gasteiger partial charge in [-0.2, -0.15) is 5.10 Å². The Labute approximate surface area is 148 Å². The number of nitrogens with zero attached hydrogens (tertiary/aromatic N) is 1. The topological polar surface area (TPSA) is 86.2 Å². The van der Waals surface area contributed by atoms with Crippen molar-refractivity contribution in [3.8, 4) is 11.5 Å². The summed E-state index contributed by atoms with van der Waals surface area (Å²) in [6, 6.07) is 5.40. The van der Waals surface area contributed by atoms with E-state index in [-0.39, 0.29) is 11.9 Å². The van der Waals surface area contributed by atoms with Gasteiger partial charge in [0.2, 0.25) is 5.91 Å². The van der Waals surface area contributed by atoms with E-state index in [0.717, 1.165) is 25.7 Å². The Morgan fingerprint density at radius 2 is 1.60 bits per heavy atom. The van der Waals surface area contributed by atoms with Crippen LogP contribution in [0.4, 0.5) is 0 Å². The summed E-state index contributed by atoms with van der Waals surface area (Å²) < 4.78 is 15.1. The fourth-order valence-corrected chi connectivity index (χ4v) is 2.24. The first kappa shape index (κ1) is 20.5. The zero-order chi connectivity index (χ0) is 18.5. The van der Waals surface area contributed by atoms with Crippen LogP contribution >= 0.6 is 0 Å². The first-order valence-corrected chi connectivity index (χ1v) is 8.22.